The average Bonchev–Trinajstić information content (AvgIpc) is 3.42. The topological polar surface area (TPSA) is 71.3 Å². The number of pyridine rings is 1. The van der Waals surface area contributed by atoms with E-state index >= 15 is 0 Å². The first kappa shape index (κ1) is 21.4. The zero-order valence-electron chi connectivity index (χ0n) is 18.9. The zero-order chi connectivity index (χ0) is 22.8. The monoisotopic (exact) mass is 443 g/mol. The first-order chi connectivity index (χ1) is 16.1. The van der Waals surface area contributed by atoms with Crippen LogP contribution in [0.1, 0.15) is 35.6 Å². The van der Waals surface area contributed by atoms with E-state index in [4.69, 9.17) is 0 Å². The average molecular weight is 444 g/mol. The van der Waals surface area contributed by atoms with Crippen LogP contribution >= 0.6 is 0 Å². The second-order valence-electron chi connectivity index (χ2n) is 9.21. The minimum Gasteiger partial charge on any atom is -0.341 e. The van der Waals surface area contributed by atoms with Gasteiger partial charge in [0.25, 0.3) is 0 Å². The van der Waals surface area contributed by atoms with Crippen molar-refractivity contribution in [3.63, 3.8) is 0 Å². The lowest BCUT2D eigenvalue weighted by molar-refractivity contribution is -0.147. The second kappa shape index (κ2) is 8.81. The van der Waals surface area contributed by atoms with Crippen molar-refractivity contribution in [1.82, 2.24) is 24.6 Å². The Morgan fingerprint density at radius 3 is 2.58 bits per heavy atom. The normalized spacial score (nSPS) is 22.8. The van der Waals surface area contributed by atoms with Crippen molar-refractivity contribution in [2.75, 3.05) is 19.6 Å². The molecule has 2 amide bonds. The standard InChI is InChI=1S/C26H29N5O2/c1-29-23(10-14-28-29)22-18-31(24(32)16-20-6-3-2-4-7-20)19-26(22)11-5-15-30(25(26)33)17-21-8-12-27-13-9-21/h2-4,6-10,12-14,22H,5,11,15-19H2,1H3/t22-,26+/m0/s1. The van der Waals surface area contributed by atoms with E-state index < -0.39 is 5.41 Å². The van der Waals surface area contributed by atoms with E-state index in [-0.39, 0.29) is 17.7 Å². The Morgan fingerprint density at radius 2 is 1.85 bits per heavy atom. The molecule has 0 unspecified atom stereocenters. The van der Waals surface area contributed by atoms with E-state index in [1.54, 1.807) is 18.6 Å². The molecule has 0 bridgehead atoms. The fourth-order valence-electron chi connectivity index (χ4n) is 5.52. The van der Waals surface area contributed by atoms with Gasteiger partial charge in [-0.15, -0.1) is 0 Å². The Bertz CT molecular complexity index is 1130. The Morgan fingerprint density at radius 1 is 1.06 bits per heavy atom. The number of aryl methyl sites for hydroxylation is 1. The van der Waals surface area contributed by atoms with Crippen LogP contribution in [0.25, 0.3) is 0 Å². The molecule has 0 radical (unpaired) electrons. The molecular weight excluding hydrogens is 414 g/mol. The number of amides is 2. The maximum absolute atomic E-state index is 14.0. The van der Waals surface area contributed by atoms with E-state index in [9.17, 15) is 9.59 Å². The van der Waals surface area contributed by atoms with Gasteiger partial charge in [0, 0.05) is 63.4 Å². The SMILES string of the molecule is Cn1nccc1[C@@H]1CN(C(=O)Cc2ccccc2)C[C@]12CCCN(Cc1ccncc1)C2=O. The molecule has 2 aromatic heterocycles. The molecule has 2 fully saturated rings. The van der Waals surface area contributed by atoms with Crippen molar-refractivity contribution in [3.8, 4) is 0 Å². The third-order valence-corrected chi connectivity index (χ3v) is 7.20. The predicted octanol–water partition coefficient (Wildman–Crippen LogP) is 2.79. The number of hydrogen-bond acceptors (Lipinski definition) is 4. The largest absolute Gasteiger partial charge is 0.341 e. The highest BCUT2D eigenvalue weighted by atomic mass is 16.2. The Labute approximate surface area is 194 Å². The molecule has 3 aromatic rings. The molecule has 0 saturated carbocycles. The fourth-order valence-corrected chi connectivity index (χ4v) is 5.52. The summed E-state index contributed by atoms with van der Waals surface area (Å²) in [6.07, 6.45) is 7.36. The van der Waals surface area contributed by atoms with Crippen LogP contribution in [-0.4, -0.2) is 56.0 Å². The van der Waals surface area contributed by atoms with Gasteiger partial charge in [-0.3, -0.25) is 19.3 Å². The quantitative estimate of drug-likeness (QED) is 0.608. The molecular formula is C26H29N5O2. The minimum absolute atomic E-state index is 0.0718. The van der Waals surface area contributed by atoms with Crippen LogP contribution in [0.4, 0.5) is 0 Å². The maximum atomic E-state index is 14.0. The van der Waals surface area contributed by atoms with Gasteiger partial charge >= 0.3 is 0 Å². The van der Waals surface area contributed by atoms with Gasteiger partial charge in [-0.25, -0.2) is 0 Å². The molecule has 2 saturated heterocycles. The van der Waals surface area contributed by atoms with Crippen molar-refractivity contribution in [2.45, 2.75) is 31.7 Å². The number of rotatable bonds is 5. The van der Waals surface area contributed by atoms with Crippen LogP contribution in [0.2, 0.25) is 0 Å². The molecule has 5 rings (SSSR count). The highest BCUT2D eigenvalue weighted by molar-refractivity contribution is 5.88. The molecule has 4 heterocycles. The predicted molar refractivity (Wildman–Crippen MR) is 124 cm³/mol. The van der Waals surface area contributed by atoms with Gasteiger partial charge in [-0.2, -0.15) is 5.10 Å². The third kappa shape index (κ3) is 4.03. The lowest BCUT2D eigenvalue weighted by Crippen LogP contribution is -2.52. The summed E-state index contributed by atoms with van der Waals surface area (Å²) in [5.74, 6) is 0.147. The lowest BCUT2D eigenvalue weighted by Gasteiger charge is -2.42. The number of carbonyl (C=O) groups excluding carboxylic acids is 2. The van der Waals surface area contributed by atoms with Gasteiger partial charge in [0.2, 0.25) is 11.8 Å². The number of aromatic nitrogens is 3. The van der Waals surface area contributed by atoms with Gasteiger partial charge in [0.1, 0.15) is 0 Å². The molecule has 7 nitrogen and oxygen atoms in total. The van der Waals surface area contributed by atoms with Crippen LogP contribution in [0.15, 0.2) is 67.1 Å². The molecule has 2 atom stereocenters. The van der Waals surface area contributed by atoms with E-state index in [0.717, 1.165) is 36.2 Å². The first-order valence-corrected chi connectivity index (χ1v) is 11.5. The van der Waals surface area contributed by atoms with Gasteiger partial charge < -0.3 is 9.80 Å². The first-order valence-electron chi connectivity index (χ1n) is 11.5. The summed E-state index contributed by atoms with van der Waals surface area (Å²) in [5.41, 5.74) is 2.47. The van der Waals surface area contributed by atoms with Crippen LogP contribution in [0, 0.1) is 5.41 Å². The molecule has 170 valence electrons. The second-order valence-corrected chi connectivity index (χ2v) is 9.21. The molecule has 0 N–H and O–H groups in total. The number of piperidine rings is 1. The van der Waals surface area contributed by atoms with Crippen molar-refractivity contribution in [1.29, 1.82) is 0 Å². The molecule has 0 aliphatic carbocycles. The maximum Gasteiger partial charge on any atom is 0.231 e. The van der Waals surface area contributed by atoms with Gasteiger partial charge in [0.05, 0.1) is 11.8 Å². The molecule has 1 spiro atoms. The smallest absolute Gasteiger partial charge is 0.231 e. The van der Waals surface area contributed by atoms with Crippen LogP contribution in [-0.2, 0) is 29.6 Å². The Hall–Kier alpha value is -3.48. The van der Waals surface area contributed by atoms with Crippen molar-refractivity contribution < 1.29 is 9.59 Å². The van der Waals surface area contributed by atoms with E-state index in [1.165, 1.54) is 0 Å². The molecule has 7 heteroatoms. The van der Waals surface area contributed by atoms with Crippen LogP contribution in [0.5, 0.6) is 0 Å². The summed E-state index contributed by atoms with van der Waals surface area (Å²) < 4.78 is 1.85. The number of hydrogen-bond donors (Lipinski definition) is 0. The van der Waals surface area contributed by atoms with Crippen molar-refractivity contribution in [2.24, 2.45) is 12.5 Å². The lowest BCUT2D eigenvalue weighted by atomic mass is 9.70. The highest BCUT2D eigenvalue weighted by Crippen LogP contribution is 2.49. The van der Waals surface area contributed by atoms with Gasteiger partial charge in [-0.1, -0.05) is 30.3 Å². The van der Waals surface area contributed by atoms with Crippen LogP contribution in [0.3, 0.4) is 0 Å². The Kier molecular flexibility index (Phi) is 5.70. The Balaban J connectivity index is 1.44. The summed E-state index contributed by atoms with van der Waals surface area (Å²) in [4.78, 5) is 35.3. The van der Waals surface area contributed by atoms with Crippen molar-refractivity contribution >= 4 is 11.8 Å². The number of nitrogens with zero attached hydrogens (tertiary/aromatic N) is 5. The zero-order valence-corrected chi connectivity index (χ0v) is 18.9. The molecule has 33 heavy (non-hydrogen) atoms. The summed E-state index contributed by atoms with van der Waals surface area (Å²) in [5, 5.41) is 4.37. The summed E-state index contributed by atoms with van der Waals surface area (Å²) in [7, 11) is 1.92. The summed E-state index contributed by atoms with van der Waals surface area (Å²) in [6, 6.07) is 15.7. The fraction of sp³-hybridized carbons (Fsp3) is 0.385. The molecule has 1 aromatic carbocycles. The number of benzene rings is 1. The van der Waals surface area contributed by atoms with Gasteiger partial charge in [-0.05, 0) is 42.2 Å². The van der Waals surface area contributed by atoms with E-state index in [0.29, 0.717) is 26.1 Å². The third-order valence-electron chi connectivity index (χ3n) is 7.20. The van der Waals surface area contributed by atoms with E-state index in [2.05, 4.69) is 10.1 Å². The molecule has 2 aliphatic heterocycles. The summed E-state index contributed by atoms with van der Waals surface area (Å²) >= 11 is 0. The van der Waals surface area contributed by atoms with E-state index in [1.807, 2.05) is 70.1 Å². The van der Waals surface area contributed by atoms with Gasteiger partial charge in [0.15, 0.2) is 0 Å². The highest BCUT2D eigenvalue weighted by Gasteiger charge is 2.56. The van der Waals surface area contributed by atoms with Crippen LogP contribution < -0.4 is 0 Å². The summed E-state index contributed by atoms with van der Waals surface area (Å²) in [6.45, 7) is 2.30. The minimum atomic E-state index is -0.620. The van der Waals surface area contributed by atoms with Crippen molar-refractivity contribution in [3.05, 3.63) is 83.9 Å². The number of carbonyl (C=O) groups is 2. The number of likely N-dealkylation sites (tertiary alicyclic amines) is 2. The molecule has 2 aliphatic rings.